The molecule has 0 aromatic carbocycles. The van der Waals surface area contributed by atoms with Crippen molar-refractivity contribution in [2.45, 2.75) is 44.7 Å². The minimum Gasteiger partial charge on any atom is -0.480 e. The summed E-state index contributed by atoms with van der Waals surface area (Å²) in [6.07, 6.45) is 3.50. The summed E-state index contributed by atoms with van der Waals surface area (Å²) < 4.78 is 0. The molecular weight excluding hydrogens is 208 g/mol. The minimum atomic E-state index is -0.877. The summed E-state index contributed by atoms with van der Waals surface area (Å²) in [5, 5.41) is 9.03. The number of carbonyl (C=O) groups excluding carboxylic acids is 1. The van der Waals surface area contributed by atoms with E-state index in [4.69, 9.17) is 5.11 Å². The van der Waals surface area contributed by atoms with E-state index in [-0.39, 0.29) is 6.03 Å². The fraction of sp³-hybridized carbons (Fsp3) is 0.818. The van der Waals surface area contributed by atoms with Gasteiger partial charge in [-0.25, -0.2) is 9.59 Å². The third kappa shape index (κ3) is 1.99. The van der Waals surface area contributed by atoms with Gasteiger partial charge in [-0.2, -0.15) is 0 Å². The summed E-state index contributed by atoms with van der Waals surface area (Å²) in [7, 11) is 0. The van der Waals surface area contributed by atoms with Crippen LogP contribution < -0.4 is 0 Å². The number of carbonyl (C=O) groups is 2. The minimum absolute atomic E-state index is 0.0881. The maximum atomic E-state index is 12.2. The molecule has 90 valence electrons. The standard InChI is InChI=1S/C11H18N2O3/c1-2-12(8-5-6-8)11(16)13-7-3-4-9(13)10(14)15/h8-9H,2-7H2,1H3,(H,14,15)/t9-/m0/s1. The van der Waals surface area contributed by atoms with Crippen molar-refractivity contribution < 1.29 is 14.7 Å². The van der Waals surface area contributed by atoms with Crippen LogP contribution in [0.1, 0.15) is 32.6 Å². The summed E-state index contributed by atoms with van der Waals surface area (Å²) >= 11 is 0. The van der Waals surface area contributed by atoms with E-state index in [0.29, 0.717) is 25.6 Å². The van der Waals surface area contributed by atoms with Crippen LogP contribution in [-0.4, -0.2) is 52.1 Å². The summed E-state index contributed by atoms with van der Waals surface area (Å²) in [5.41, 5.74) is 0. The largest absolute Gasteiger partial charge is 0.480 e. The van der Waals surface area contributed by atoms with Gasteiger partial charge in [-0.3, -0.25) is 0 Å². The van der Waals surface area contributed by atoms with Gasteiger partial charge in [0.15, 0.2) is 0 Å². The average Bonchev–Trinajstić information content (AvgIpc) is 2.95. The first-order valence-corrected chi connectivity index (χ1v) is 5.95. The van der Waals surface area contributed by atoms with Crippen LogP contribution in [0.15, 0.2) is 0 Å². The molecule has 0 aromatic heterocycles. The van der Waals surface area contributed by atoms with Crippen LogP contribution in [0.4, 0.5) is 4.79 Å². The molecule has 2 amide bonds. The van der Waals surface area contributed by atoms with Gasteiger partial charge in [-0.1, -0.05) is 0 Å². The lowest BCUT2D eigenvalue weighted by Crippen LogP contribution is -2.48. The molecule has 2 aliphatic rings. The lowest BCUT2D eigenvalue weighted by molar-refractivity contribution is -0.141. The second-order valence-electron chi connectivity index (χ2n) is 4.49. The first kappa shape index (κ1) is 11.2. The highest BCUT2D eigenvalue weighted by Crippen LogP contribution is 2.29. The van der Waals surface area contributed by atoms with Crippen molar-refractivity contribution in [1.29, 1.82) is 0 Å². The van der Waals surface area contributed by atoms with Gasteiger partial charge in [0.1, 0.15) is 6.04 Å². The van der Waals surface area contributed by atoms with Gasteiger partial charge in [0.2, 0.25) is 0 Å². The molecule has 2 rings (SSSR count). The summed E-state index contributed by atoms with van der Waals surface area (Å²) in [6, 6.07) is -0.345. The summed E-state index contributed by atoms with van der Waals surface area (Å²) in [4.78, 5) is 26.5. The molecule has 5 heteroatoms. The van der Waals surface area contributed by atoms with E-state index in [0.717, 1.165) is 19.3 Å². The zero-order chi connectivity index (χ0) is 11.7. The Kier molecular flexibility index (Phi) is 3.03. The molecule has 0 aromatic rings. The van der Waals surface area contributed by atoms with Gasteiger partial charge in [0.05, 0.1) is 0 Å². The van der Waals surface area contributed by atoms with Gasteiger partial charge in [-0.15, -0.1) is 0 Å². The fourth-order valence-electron chi connectivity index (χ4n) is 2.35. The lowest BCUT2D eigenvalue weighted by Gasteiger charge is -2.29. The van der Waals surface area contributed by atoms with E-state index >= 15 is 0 Å². The smallest absolute Gasteiger partial charge is 0.326 e. The number of carboxylic acids is 1. The van der Waals surface area contributed by atoms with E-state index in [1.165, 1.54) is 4.90 Å². The highest BCUT2D eigenvalue weighted by atomic mass is 16.4. The number of carboxylic acid groups (broad SMARTS) is 1. The topological polar surface area (TPSA) is 60.9 Å². The van der Waals surface area contributed by atoms with Gasteiger partial charge < -0.3 is 14.9 Å². The van der Waals surface area contributed by atoms with E-state index < -0.39 is 12.0 Å². The van der Waals surface area contributed by atoms with Crippen LogP contribution in [0.3, 0.4) is 0 Å². The van der Waals surface area contributed by atoms with Crippen LogP contribution in [0.5, 0.6) is 0 Å². The quantitative estimate of drug-likeness (QED) is 0.785. The second kappa shape index (κ2) is 4.31. The number of likely N-dealkylation sites (tertiary alicyclic amines) is 1. The van der Waals surface area contributed by atoms with E-state index in [9.17, 15) is 9.59 Å². The molecule has 1 N–H and O–H groups in total. The molecule has 0 spiro atoms. The number of hydrogen-bond donors (Lipinski definition) is 1. The normalized spacial score (nSPS) is 24.6. The number of hydrogen-bond acceptors (Lipinski definition) is 2. The van der Waals surface area contributed by atoms with Crippen LogP contribution in [0.2, 0.25) is 0 Å². The molecule has 1 aliphatic carbocycles. The molecule has 0 unspecified atom stereocenters. The Morgan fingerprint density at radius 1 is 1.38 bits per heavy atom. The number of aliphatic carboxylic acids is 1. The maximum Gasteiger partial charge on any atom is 0.326 e. The monoisotopic (exact) mass is 226 g/mol. The highest BCUT2D eigenvalue weighted by Gasteiger charge is 2.40. The highest BCUT2D eigenvalue weighted by molar-refractivity contribution is 5.83. The van der Waals surface area contributed by atoms with Crippen molar-refractivity contribution in [3.63, 3.8) is 0 Å². The molecule has 16 heavy (non-hydrogen) atoms. The SMILES string of the molecule is CCN(C(=O)N1CCC[C@H]1C(=O)O)C1CC1. The van der Waals surface area contributed by atoms with Crippen LogP contribution in [-0.2, 0) is 4.79 Å². The van der Waals surface area contributed by atoms with Crippen LogP contribution in [0, 0.1) is 0 Å². The van der Waals surface area contributed by atoms with Crippen molar-refractivity contribution in [2.24, 2.45) is 0 Å². The van der Waals surface area contributed by atoms with Gasteiger partial charge in [0.25, 0.3) is 0 Å². The zero-order valence-electron chi connectivity index (χ0n) is 9.56. The Hall–Kier alpha value is -1.26. The molecule has 0 radical (unpaired) electrons. The molecule has 1 saturated heterocycles. The van der Waals surface area contributed by atoms with Gasteiger partial charge in [0, 0.05) is 19.1 Å². The summed E-state index contributed by atoms with van der Waals surface area (Å²) in [6.45, 7) is 3.20. The zero-order valence-corrected chi connectivity index (χ0v) is 9.56. The molecule has 1 heterocycles. The Balaban J connectivity index is 2.04. The summed E-state index contributed by atoms with van der Waals surface area (Å²) in [5.74, 6) is -0.877. The number of rotatable bonds is 3. The number of nitrogens with zero attached hydrogens (tertiary/aromatic N) is 2. The second-order valence-corrected chi connectivity index (χ2v) is 4.49. The van der Waals surface area contributed by atoms with Crippen molar-refractivity contribution >= 4 is 12.0 Å². The predicted octanol–water partition coefficient (Wildman–Crippen LogP) is 1.14. The van der Waals surface area contributed by atoms with E-state index in [1.54, 1.807) is 4.90 Å². The fourth-order valence-corrected chi connectivity index (χ4v) is 2.35. The molecule has 0 bridgehead atoms. The molecule has 5 nitrogen and oxygen atoms in total. The molecule has 1 saturated carbocycles. The third-order valence-electron chi connectivity index (χ3n) is 3.36. The Morgan fingerprint density at radius 2 is 2.06 bits per heavy atom. The number of urea groups is 1. The molecule has 1 atom stereocenters. The Labute approximate surface area is 95.0 Å². The van der Waals surface area contributed by atoms with Crippen molar-refractivity contribution in [3.8, 4) is 0 Å². The van der Waals surface area contributed by atoms with E-state index in [1.807, 2.05) is 6.92 Å². The van der Waals surface area contributed by atoms with E-state index in [2.05, 4.69) is 0 Å². The van der Waals surface area contributed by atoms with Crippen molar-refractivity contribution in [1.82, 2.24) is 9.80 Å². The van der Waals surface area contributed by atoms with Crippen LogP contribution >= 0.6 is 0 Å². The number of amides is 2. The van der Waals surface area contributed by atoms with Crippen LogP contribution in [0.25, 0.3) is 0 Å². The molecular formula is C11H18N2O3. The first-order valence-electron chi connectivity index (χ1n) is 5.95. The van der Waals surface area contributed by atoms with Gasteiger partial charge >= 0.3 is 12.0 Å². The Morgan fingerprint density at radius 3 is 2.56 bits per heavy atom. The van der Waals surface area contributed by atoms with Gasteiger partial charge in [-0.05, 0) is 32.6 Å². The molecule has 2 fully saturated rings. The third-order valence-corrected chi connectivity index (χ3v) is 3.36. The first-order chi connectivity index (χ1) is 7.65. The maximum absolute atomic E-state index is 12.2. The van der Waals surface area contributed by atoms with Crippen molar-refractivity contribution in [2.75, 3.05) is 13.1 Å². The average molecular weight is 226 g/mol. The molecule has 1 aliphatic heterocycles. The Bertz CT molecular complexity index is 302. The lowest BCUT2D eigenvalue weighted by atomic mass is 10.2. The predicted molar refractivity (Wildman–Crippen MR) is 58.2 cm³/mol. The van der Waals surface area contributed by atoms with Crippen molar-refractivity contribution in [3.05, 3.63) is 0 Å².